The van der Waals surface area contributed by atoms with Crippen LogP contribution in [0.4, 0.5) is 0 Å². The molecule has 0 aliphatic rings. The molecule has 0 bridgehead atoms. The number of nitrogens with one attached hydrogen (secondary N) is 1. The minimum Gasteiger partial charge on any atom is -0.356 e. The van der Waals surface area contributed by atoms with Crippen molar-refractivity contribution >= 4 is 17.5 Å². The van der Waals surface area contributed by atoms with Crippen LogP contribution in [0.25, 0.3) is 5.69 Å². The van der Waals surface area contributed by atoms with E-state index in [-0.39, 0.29) is 5.91 Å². The third-order valence-corrected chi connectivity index (χ3v) is 4.21. The summed E-state index contributed by atoms with van der Waals surface area (Å²) in [5.41, 5.74) is 3.29. The molecule has 1 amide bonds. The molecule has 2 aromatic carbocycles. The number of aromatic nitrogens is 2. The predicted molar refractivity (Wildman–Crippen MR) is 100 cm³/mol. The lowest BCUT2D eigenvalue weighted by Gasteiger charge is -2.07. The number of aryl methyl sites for hydroxylation is 1. The highest BCUT2D eigenvalue weighted by Crippen LogP contribution is 2.12. The molecule has 0 atom stereocenters. The highest BCUT2D eigenvalue weighted by atomic mass is 35.5. The Balaban J connectivity index is 1.41. The normalized spacial score (nSPS) is 10.6. The number of carbonyl (C=O) groups is 1. The first-order chi connectivity index (χ1) is 12.2. The zero-order chi connectivity index (χ0) is 17.5. The molecule has 0 aliphatic carbocycles. The summed E-state index contributed by atoms with van der Waals surface area (Å²) in [7, 11) is 0. The smallest absolute Gasteiger partial charge is 0.220 e. The first kappa shape index (κ1) is 17.2. The lowest BCUT2D eigenvalue weighted by Crippen LogP contribution is -2.25. The number of hydrogen-bond acceptors (Lipinski definition) is 2. The van der Waals surface area contributed by atoms with Crippen molar-refractivity contribution in [2.24, 2.45) is 0 Å². The number of halogens is 1. The number of amides is 1. The van der Waals surface area contributed by atoms with Crippen LogP contribution in [-0.2, 0) is 17.6 Å². The zero-order valence-corrected chi connectivity index (χ0v) is 14.6. The molecule has 0 fully saturated rings. The largest absolute Gasteiger partial charge is 0.356 e. The SMILES string of the molecule is O=C(CCc1cccc(Cl)c1)NCCc1ccc(-n2cccn2)cc1. The van der Waals surface area contributed by atoms with Crippen LogP contribution in [0.1, 0.15) is 17.5 Å². The molecule has 1 N–H and O–H groups in total. The Bertz CT molecular complexity index is 813. The monoisotopic (exact) mass is 353 g/mol. The highest BCUT2D eigenvalue weighted by molar-refractivity contribution is 6.30. The van der Waals surface area contributed by atoms with Crippen LogP contribution in [0, 0.1) is 0 Å². The average molecular weight is 354 g/mol. The zero-order valence-electron chi connectivity index (χ0n) is 13.9. The summed E-state index contributed by atoms with van der Waals surface area (Å²) >= 11 is 5.95. The molecule has 0 spiro atoms. The van der Waals surface area contributed by atoms with Gasteiger partial charge in [0, 0.05) is 30.4 Å². The van der Waals surface area contributed by atoms with Crippen LogP contribution in [0.2, 0.25) is 5.02 Å². The molecule has 128 valence electrons. The van der Waals surface area contributed by atoms with E-state index in [0.717, 1.165) is 17.7 Å². The number of rotatable bonds is 7. The van der Waals surface area contributed by atoms with Gasteiger partial charge < -0.3 is 5.32 Å². The number of benzene rings is 2. The van der Waals surface area contributed by atoms with Crippen molar-refractivity contribution in [1.82, 2.24) is 15.1 Å². The number of nitrogens with zero attached hydrogens (tertiary/aromatic N) is 2. The van der Waals surface area contributed by atoms with E-state index in [1.165, 1.54) is 5.56 Å². The van der Waals surface area contributed by atoms with Gasteiger partial charge >= 0.3 is 0 Å². The van der Waals surface area contributed by atoms with E-state index in [4.69, 9.17) is 11.6 Å². The first-order valence-electron chi connectivity index (χ1n) is 8.31. The van der Waals surface area contributed by atoms with Gasteiger partial charge in [-0.1, -0.05) is 35.9 Å². The van der Waals surface area contributed by atoms with Gasteiger partial charge in [0.2, 0.25) is 5.91 Å². The van der Waals surface area contributed by atoms with Crippen molar-refractivity contribution in [3.05, 3.63) is 83.1 Å². The molecule has 0 aliphatic heterocycles. The van der Waals surface area contributed by atoms with E-state index in [0.29, 0.717) is 24.4 Å². The molecular weight excluding hydrogens is 334 g/mol. The van der Waals surface area contributed by atoms with Crippen LogP contribution in [0.5, 0.6) is 0 Å². The third-order valence-electron chi connectivity index (χ3n) is 3.97. The standard InChI is InChI=1S/C20H20ClN3O/c21-18-4-1-3-17(15-18)7-10-20(25)22-13-11-16-5-8-19(9-6-16)24-14-2-12-23-24/h1-6,8-9,12,14-15H,7,10-11,13H2,(H,22,25). The molecule has 25 heavy (non-hydrogen) atoms. The van der Waals surface area contributed by atoms with E-state index in [1.54, 1.807) is 6.20 Å². The van der Waals surface area contributed by atoms with Crippen molar-refractivity contribution < 1.29 is 4.79 Å². The van der Waals surface area contributed by atoms with Gasteiger partial charge in [0.25, 0.3) is 0 Å². The van der Waals surface area contributed by atoms with E-state index in [2.05, 4.69) is 22.5 Å². The molecule has 0 unspecified atom stereocenters. The van der Waals surface area contributed by atoms with Crippen molar-refractivity contribution in [3.8, 4) is 5.69 Å². The number of hydrogen-bond donors (Lipinski definition) is 1. The summed E-state index contributed by atoms with van der Waals surface area (Å²) in [6.45, 7) is 0.634. The van der Waals surface area contributed by atoms with Gasteiger partial charge in [0.1, 0.15) is 0 Å². The van der Waals surface area contributed by atoms with E-state index >= 15 is 0 Å². The summed E-state index contributed by atoms with van der Waals surface area (Å²) in [6.07, 6.45) is 5.65. The second-order valence-electron chi connectivity index (χ2n) is 5.85. The van der Waals surface area contributed by atoms with Gasteiger partial charge in [-0.2, -0.15) is 5.10 Å². The molecule has 0 saturated heterocycles. The maximum Gasteiger partial charge on any atom is 0.220 e. The summed E-state index contributed by atoms with van der Waals surface area (Å²) in [5, 5.41) is 7.88. The Labute approximate surface area is 152 Å². The quantitative estimate of drug-likeness (QED) is 0.702. The summed E-state index contributed by atoms with van der Waals surface area (Å²) in [5.74, 6) is 0.0631. The molecule has 3 rings (SSSR count). The molecule has 3 aromatic rings. The van der Waals surface area contributed by atoms with Crippen molar-refractivity contribution in [1.29, 1.82) is 0 Å². The van der Waals surface area contributed by atoms with Crippen molar-refractivity contribution in [2.75, 3.05) is 6.54 Å². The molecular formula is C20H20ClN3O. The maximum atomic E-state index is 11.9. The van der Waals surface area contributed by atoms with Gasteiger partial charge in [-0.3, -0.25) is 4.79 Å². The topological polar surface area (TPSA) is 46.9 Å². The second kappa shape index (κ2) is 8.49. The van der Waals surface area contributed by atoms with Gasteiger partial charge in [-0.25, -0.2) is 4.68 Å². The fraction of sp³-hybridized carbons (Fsp3) is 0.200. The Hall–Kier alpha value is -2.59. The van der Waals surface area contributed by atoms with Gasteiger partial charge in [-0.15, -0.1) is 0 Å². The summed E-state index contributed by atoms with van der Waals surface area (Å²) in [4.78, 5) is 11.9. The molecule has 0 saturated carbocycles. The van der Waals surface area contributed by atoms with Crippen LogP contribution in [0.15, 0.2) is 67.0 Å². The predicted octanol–water partition coefficient (Wildman–Crippen LogP) is 3.82. The van der Waals surface area contributed by atoms with E-state index in [1.807, 2.05) is 53.3 Å². The Morgan fingerprint density at radius 1 is 1.04 bits per heavy atom. The van der Waals surface area contributed by atoms with Crippen molar-refractivity contribution in [2.45, 2.75) is 19.3 Å². The highest BCUT2D eigenvalue weighted by Gasteiger charge is 2.03. The van der Waals surface area contributed by atoms with Crippen LogP contribution < -0.4 is 5.32 Å². The van der Waals surface area contributed by atoms with Crippen molar-refractivity contribution in [3.63, 3.8) is 0 Å². The Kier molecular flexibility index (Phi) is 5.86. The van der Waals surface area contributed by atoms with Gasteiger partial charge in [0.05, 0.1) is 5.69 Å². The minimum atomic E-state index is 0.0631. The number of carbonyl (C=O) groups excluding carboxylic acids is 1. The van der Waals surface area contributed by atoms with Gasteiger partial charge in [-0.05, 0) is 54.3 Å². The second-order valence-corrected chi connectivity index (χ2v) is 6.28. The van der Waals surface area contributed by atoms with Crippen LogP contribution in [0.3, 0.4) is 0 Å². The minimum absolute atomic E-state index is 0.0631. The molecule has 5 heteroatoms. The van der Waals surface area contributed by atoms with E-state index < -0.39 is 0 Å². The summed E-state index contributed by atoms with van der Waals surface area (Å²) in [6, 6.07) is 17.7. The van der Waals surface area contributed by atoms with Crippen LogP contribution in [-0.4, -0.2) is 22.2 Å². The van der Waals surface area contributed by atoms with Crippen LogP contribution >= 0.6 is 11.6 Å². The molecule has 1 aromatic heterocycles. The Morgan fingerprint density at radius 2 is 1.88 bits per heavy atom. The fourth-order valence-electron chi connectivity index (χ4n) is 2.62. The third kappa shape index (κ3) is 5.19. The average Bonchev–Trinajstić information content (AvgIpc) is 3.15. The lowest BCUT2D eigenvalue weighted by atomic mass is 10.1. The van der Waals surface area contributed by atoms with Gasteiger partial charge in [0.15, 0.2) is 0 Å². The Morgan fingerprint density at radius 3 is 2.60 bits per heavy atom. The molecule has 1 heterocycles. The lowest BCUT2D eigenvalue weighted by molar-refractivity contribution is -0.121. The first-order valence-corrected chi connectivity index (χ1v) is 8.68. The molecule has 4 nitrogen and oxygen atoms in total. The maximum absolute atomic E-state index is 11.9. The van der Waals surface area contributed by atoms with E-state index in [9.17, 15) is 4.79 Å². The molecule has 0 radical (unpaired) electrons. The summed E-state index contributed by atoms with van der Waals surface area (Å²) < 4.78 is 1.82. The fourth-order valence-corrected chi connectivity index (χ4v) is 2.83.